The van der Waals surface area contributed by atoms with Gasteiger partial charge in [0.1, 0.15) is 0 Å². The van der Waals surface area contributed by atoms with E-state index in [0.717, 1.165) is 5.02 Å². The zero-order valence-electron chi connectivity index (χ0n) is 10.2. The molecule has 2 rings (SSSR count). The summed E-state index contributed by atoms with van der Waals surface area (Å²) in [6, 6.07) is 8.45. The SMILES string of the molecule is CCC1(c2ccc(Cl)cc2)CCN(C)CC1. The molecule has 1 nitrogen and oxygen atoms in total. The summed E-state index contributed by atoms with van der Waals surface area (Å²) in [5, 5.41) is 0.836. The highest BCUT2D eigenvalue weighted by Crippen LogP contribution is 2.38. The van der Waals surface area contributed by atoms with Crippen LogP contribution in [0, 0.1) is 0 Å². The lowest BCUT2D eigenvalue weighted by molar-refractivity contribution is 0.182. The van der Waals surface area contributed by atoms with E-state index in [9.17, 15) is 0 Å². The molecule has 1 saturated heterocycles. The summed E-state index contributed by atoms with van der Waals surface area (Å²) in [6.45, 7) is 4.72. The lowest BCUT2D eigenvalue weighted by Crippen LogP contribution is -2.40. The molecule has 0 atom stereocenters. The number of rotatable bonds is 2. The Bertz CT molecular complexity index is 336. The van der Waals surface area contributed by atoms with Crippen LogP contribution in [0.4, 0.5) is 0 Å². The van der Waals surface area contributed by atoms with Gasteiger partial charge >= 0.3 is 0 Å². The maximum absolute atomic E-state index is 5.95. The molecule has 1 aliphatic heterocycles. The predicted octanol–water partition coefficient (Wildman–Crippen LogP) is 3.71. The third-order valence-corrected chi connectivity index (χ3v) is 4.33. The van der Waals surface area contributed by atoms with Gasteiger partial charge in [0, 0.05) is 5.02 Å². The molecule has 0 spiro atoms. The number of piperidine rings is 1. The summed E-state index contributed by atoms with van der Waals surface area (Å²) in [5.74, 6) is 0. The normalized spacial score (nSPS) is 20.9. The van der Waals surface area contributed by atoms with E-state index < -0.39 is 0 Å². The molecule has 0 radical (unpaired) electrons. The Morgan fingerprint density at radius 1 is 1.19 bits per heavy atom. The van der Waals surface area contributed by atoms with Crippen molar-refractivity contribution in [1.29, 1.82) is 0 Å². The molecular formula is C14H20ClN. The highest BCUT2D eigenvalue weighted by Gasteiger charge is 2.33. The van der Waals surface area contributed by atoms with Gasteiger partial charge in [-0.15, -0.1) is 0 Å². The Balaban J connectivity index is 2.24. The number of likely N-dealkylation sites (tertiary alicyclic amines) is 1. The van der Waals surface area contributed by atoms with E-state index in [1.807, 2.05) is 12.1 Å². The van der Waals surface area contributed by atoms with Crippen LogP contribution in [0.25, 0.3) is 0 Å². The lowest BCUT2D eigenvalue weighted by atomic mass is 9.71. The zero-order chi connectivity index (χ0) is 11.6. The Kier molecular flexibility index (Phi) is 3.56. The summed E-state index contributed by atoms with van der Waals surface area (Å²) in [7, 11) is 2.21. The fourth-order valence-corrected chi connectivity index (χ4v) is 2.82. The molecule has 16 heavy (non-hydrogen) atoms. The van der Waals surface area contributed by atoms with E-state index in [1.54, 1.807) is 0 Å². The fraction of sp³-hybridized carbons (Fsp3) is 0.571. The van der Waals surface area contributed by atoms with Crippen molar-refractivity contribution in [3.8, 4) is 0 Å². The van der Waals surface area contributed by atoms with Crippen molar-refractivity contribution in [2.24, 2.45) is 0 Å². The van der Waals surface area contributed by atoms with Crippen molar-refractivity contribution >= 4 is 11.6 Å². The second-order valence-corrected chi connectivity index (χ2v) is 5.38. The second-order valence-electron chi connectivity index (χ2n) is 4.94. The minimum absolute atomic E-state index is 0.386. The molecular weight excluding hydrogens is 218 g/mol. The minimum atomic E-state index is 0.386. The molecule has 1 fully saturated rings. The molecule has 0 bridgehead atoms. The average molecular weight is 238 g/mol. The van der Waals surface area contributed by atoms with Crippen molar-refractivity contribution in [3.05, 3.63) is 34.9 Å². The van der Waals surface area contributed by atoms with Gasteiger partial charge < -0.3 is 4.90 Å². The Morgan fingerprint density at radius 3 is 2.25 bits per heavy atom. The van der Waals surface area contributed by atoms with Gasteiger partial charge in [0.15, 0.2) is 0 Å². The molecule has 88 valence electrons. The van der Waals surface area contributed by atoms with Gasteiger partial charge in [0.25, 0.3) is 0 Å². The fourth-order valence-electron chi connectivity index (χ4n) is 2.70. The maximum Gasteiger partial charge on any atom is 0.0406 e. The monoisotopic (exact) mass is 237 g/mol. The zero-order valence-corrected chi connectivity index (χ0v) is 10.9. The molecule has 2 heteroatoms. The predicted molar refractivity (Wildman–Crippen MR) is 70.2 cm³/mol. The van der Waals surface area contributed by atoms with E-state index in [0.29, 0.717) is 5.41 Å². The first kappa shape index (κ1) is 11.9. The van der Waals surface area contributed by atoms with Crippen LogP contribution in [0.2, 0.25) is 5.02 Å². The van der Waals surface area contributed by atoms with Crippen molar-refractivity contribution in [2.45, 2.75) is 31.6 Å². The topological polar surface area (TPSA) is 3.24 Å². The van der Waals surface area contributed by atoms with Crippen molar-refractivity contribution in [1.82, 2.24) is 4.90 Å². The molecule has 0 aliphatic carbocycles. The second kappa shape index (κ2) is 4.77. The third-order valence-electron chi connectivity index (χ3n) is 4.08. The van der Waals surface area contributed by atoms with Crippen LogP contribution in [-0.4, -0.2) is 25.0 Å². The quantitative estimate of drug-likeness (QED) is 0.758. The first-order valence-corrected chi connectivity index (χ1v) is 6.49. The van der Waals surface area contributed by atoms with E-state index in [-0.39, 0.29) is 0 Å². The Morgan fingerprint density at radius 2 is 1.75 bits per heavy atom. The maximum atomic E-state index is 5.95. The standard InChI is InChI=1S/C14H20ClN/c1-3-14(8-10-16(2)11-9-14)12-4-6-13(15)7-5-12/h4-7H,3,8-11H2,1-2H3. The molecule has 1 aromatic carbocycles. The highest BCUT2D eigenvalue weighted by atomic mass is 35.5. The minimum Gasteiger partial charge on any atom is -0.306 e. The van der Waals surface area contributed by atoms with Crippen LogP contribution in [0.1, 0.15) is 31.7 Å². The summed E-state index contributed by atoms with van der Waals surface area (Å²) < 4.78 is 0. The van der Waals surface area contributed by atoms with Gasteiger partial charge in [-0.2, -0.15) is 0 Å². The van der Waals surface area contributed by atoms with Crippen LogP contribution in [0.5, 0.6) is 0 Å². The Labute approximate surface area is 103 Å². The van der Waals surface area contributed by atoms with Gasteiger partial charge in [-0.3, -0.25) is 0 Å². The Hall–Kier alpha value is -0.530. The molecule has 0 amide bonds. The van der Waals surface area contributed by atoms with Gasteiger partial charge in [-0.25, -0.2) is 0 Å². The first-order chi connectivity index (χ1) is 7.66. The third kappa shape index (κ3) is 2.26. The van der Waals surface area contributed by atoms with Gasteiger partial charge in [-0.05, 0) is 62.5 Å². The number of nitrogens with zero attached hydrogens (tertiary/aromatic N) is 1. The van der Waals surface area contributed by atoms with E-state index in [1.165, 1.54) is 37.9 Å². The largest absolute Gasteiger partial charge is 0.306 e. The van der Waals surface area contributed by atoms with Crippen molar-refractivity contribution in [3.63, 3.8) is 0 Å². The van der Waals surface area contributed by atoms with E-state index in [4.69, 9.17) is 11.6 Å². The lowest BCUT2D eigenvalue weighted by Gasteiger charge is -2.40. The molecule has 0 N–H and O–H groups in total. The molecule has 0 aromatic heterocycles. The molecule has 0 unspecified atom stereocenters. The first-order valence-electron chi connectivity index (χ1n) is 6.11. The van der Waals surface area contributed by atoms with Crippen molar-refractivity contribution in [2.75, 3.05) is 20.1 Å². The van der Waals surface area contributed by atoms with Crippen molar-refractivity contribution < 1.29 is 0 Å². The molecule has 1 aliphatic rings. The van der Waals surface area contributed by atoms with Gasteiger partial charge in [-0.1, -0.05) is 30.7 Å². The molecule has 0 saturated carbocycles. The smallest absolute Gasteiger partial charge is 0.0406 e. The molecule has 1 aromatic rings. The summed E-state index contributed by atoms with van der Waals surface area (Å²) in [6.07, 6.45) is 3.76. The van der Waals surface area contributed by atoms with Crippen LogP contribution in [0.3, 0.4) is 0 Å². The average Bonchev–Trinajstić information content (AvgIpc) is 2.32. The highest BCUT2D eigenvalue weighted by molar-refractivity contribution is 6.30. The number of benzene rings is 1. The molecule has 1 heterocycles. The number of hydrogen-bond acceptors (Lipinski definition) is 1. The van der Waals surface area contributed by atoms with Crippen LogP contribution in [0.15, 0.2) is 24.3 Å². The van der Waals surface area contributed by atoms with Gasteiger partial charge in [0.05, 0.1) is 0 Å². The van der Waals surface area contributed by atoms with Crippen LogP contribution in [-0.2, 0) is 5.41 Å². The van der Waals surface area contributed by atoms with Crippen LogP contribution < -0.4 is 0 Å². The summed E-state index contributed by atoms with van der Waals surface area (Å²) in [4.78, 5) is 2.42. The summed E-state index contributed by atoms with van der Waals surface area (Å²) in [5.41, 5.74) is 1.85. The van der Waals surface area contributed by atoms with E-state index in [2.05, 4.69) is 31.0 Å². The van der Waals surface area contributed by atoms with Gasteiger partial charge in [0.2, 0.25) is 0 Å². The number of hydrogen-bond donors (Lipinski definition) is 0. The van der Waals surface area contributed by atoms with E-state index >= 15 is 0 Å². The number of halogens is 1. The summed E-state index contributed by atoms with van der Waals surface area (Å²) >= 11 is 5.95. The van der Waals surface area contributed by atoms with Crippen LogP contribution >= 0.6 is 11.6 Å².